The zero-order chi connectivity index (χ0) is 24.9. The van der Waals surface area contributed by atoms with Gasteiger partial charge in [0.1, 0.15) is 0 Å². The van der Waals surface area contributed by atoms with Crippen molar-refractivity contribution in [1.29, 1.82) is 0 Å². The maximum atomic E-state index is 13.5. The van der Waals surface area contributed by atoms with E-state index in [0.717, 1.165) is 54.4 Å². The van der Waals surface area contributed by atoms with E-state index in [1.54, 1.807) is 12.1 Å². The Kier molecular flexibility index (Phi) is 7.39. The van der Waals surface area contributed by atoms with Crippen LogP contribution < -0.4 is 14.7 Å². The van der Waals surface area contributed by atoms with Gasteiger partial charge in [0.15, 0.2) is 0 Å². The molecular formula is C29H33N3O3. The summed E-state index contributed by atoms with van der Waals surface area (Å²) in [5.74, 6) is -0.520. The van der Waals surface area contributed by atoms with Crippen LogP contribution in [-0.2, 0) is 0 Å². The van der Waals surface area contributed by atoms with Crippen molar-refractivity contribution in [1.82, 2.24) is 0 Å². The molecule has 1 amide bonds. The summed E-state index contributed by atoms with van der Waals surface area (Å²) in [4.78, 5) is 31.1. The average Bonchev–Trinajstić information content (AvgIpc) is 2.87. The number of carboxylic acids is 1. The highest BCUT2D eigenvalue weighted by molar-refractivity contribution is 6.07. The zero-order valence-electron chi connectivity index (χ0n) is 20.6. The van der Waals surface area contributed by atoms with Crippen LogP contribution in [0.1, 0.15) is 40.1 Å². The highest BCUT2D eigenvalue weighted by atomic mass is 16.4. The molecule has 1 N–H and O–H groups in total. The first-order chi connectivity index (χ1) is 16.8. The normalized spacial score (nSPS) is 13.7. The van der Waals surface area contributed by atoms with Crippen molar-refractivity contribution < 1.29 is 14.7 Å². The second-order valence-corrected chi connectivity index (χ2v) is 9.47. The van der Waals surface area contributed by atoms with Crippen LogP contribution in [0.15, 0.2) is 72.8 Å². The molecule has 0 unspecified atom stereocenters. The van der Waals surface area contributed by atoms with E-state index >= 15 is 0 Å². The number of rotatable bonds is 7. The van der Waals surface area contributed by atoms with E-state index in [1.807, 2.05) is 60.4 Å². The molecule has 0 aliphatic carbocycles. The number of hydrogen-bond acceptors (Lipinski definition) is 4. The minimum Gasteiger partial charge on any atom is -0.478 e. The predicted molar refractivity (Wildman–Crippen MR) is 142 cm³/mol. The number of carbonyl (C=O) groups excluding carboxylic acids is 1. The molecule has 3 aromatic carbocycles. The second kappa shape index (κ2) is 10.6. The van der Waals surface area contributed by atoms with Crippen LogP contribution in [0.25, 0.3) is 0 Å². The molecule has 3 aromatic rings. The molecule has 0 spiro atoms. The van der Waals surface area contributed by atoms with E-state index in [-0.39, 0.29) is 5.91 Å². The third kappa shape index (κ3) is 5.65. The number of aryl methyl sites for hydroxylation is 1. The van der Waals surface area contributed by atoms with Gasteiger partial charge in [-0.15, -0.1) is 0 Å². The van der Waals surface area contributed by atoms with Crippen molar-refractivity contribution >= 4 is 28.9 Å². The summed E-state index contributed by atoms with van der Waals surface area (Å²) in [5.41, 5.74) is 5.09. The molecule has 1 heterocycles. The largest absolute Gasteiger partial charge is 0.478 e. The summed E-state index contributed by atoms with van der Waals surface area (Å²) in [6, 6.07) is 23.0. The molecule has 6 heteroatoms. The quantitative estimate of drug-likeness (QED) is 0.505. The highest BCUT2D eigenvalue weighted by Crippen LogP contribution is 2.26. The van der Waals surface area contributed by atoms with Crippen LogP contribution in [0, 0.1) is 12.8 Å². The molecule has 0 saturated carbocycles. The van der Waals surface area contributed by atoms with Gasteiger partial charge in [0.25, 0.3) is 5.91 Å². The fourth-order valence-electron chi connectivity index (χ4n) is 4.55. The van der Waals surface area contributed by atoms with Gasteiger partial charge >= 0.3 is 5.97 Å². The first kappa shape index (κ1) is 24.3. The number of amides is 1. The van der Waals surface area contributed by atoms with E-state index < -0.39 is 5.97 Å². The first-order valence-corrected chi connectivity index (χ1v) is 12.1. The number of anilines is 3. The van der Waals surface area contributed by atoms with E-state index in [2.05, 4.69) is 35.8 Å². The lowest BCUT2D eigenvalue weighted by atomic mass is 10.0. The lowest BCUT2D eigenvalue weighted by molar-refractivity contribution is 0.0696. The Hall–Kier alpha value is -3.80. The topological polar surface area (TPSA) is 64.1 Å². The van der Waals surface area contributed by atoms with Crippen molar-refractivity contribution in [3.63, 3.8) is 0 Å². The van der Waals surface area contributed by atoms with Crippen molar-refractivity contribution in [3.05, 3.63) is 89.5 Å². The predicted octanol–water partition coefficient (Wildman–Crippen LogP) is 5.32. The van der Waals surface area contributed by atoms with Gasteiger partial charge in [-0.2, -0.15) is 0 Å². The molecule has 0 atom stereocenters. The highest BCUT2D eigenvalue weighted by Gasteiger charge is 2.22. The minimum absolute atomic E-state index is 0.0311. The molecule has 1 aliphatic heterocycles. The van der Waals surface area contributed by atoms with Crippen molar-refractivity contribution in [2.45, 2.75) is 20.8 Å². The minimum atomic E-state index is -0.908. The number of carbonyl (C=O) groups is 2. The van der Waals surface area contributed by atoms with Crippen molar-refractivity contribution in [3.8, 4) is 0 Å². The lowest BCUT2D eigenvalue weighted by Crippen LogP contribution is -2.46. The summed E-state index contributed by atoms with van der Waals surface area (Å²) in [5, 5.41) is 9.11. The fraction of sp³-hybridized carbons (Fsp3) is 0.310. The number of para-hydroxylation sites is 1. The second-order valence-electron chi connectivity index (χ2n) is 9.47. The molecular weight excluding hydrogens is 438 g/mol. The van der Waals surface area contributed by atoms with Gasteiger partial charge in [-0.3, -0.25) is 4.79 Å². The third-order valence-electron chi connectivity index (χ3n) is 6.43. The Morgan fingerprint density at radius 3 is 1.97 bits per heavy atom. The van der Waals surface area contributed by atoms with E-state index in [9.17, 15) is 9.59 Å². The van der Waals surface area contributed by atoms with E-state index in [0.29, 0.717) is 18.0 Å². The third-order valence-corrected chi connectivity index (χ3v) is 6.43. The molecule has 0 bridgehead atoms. The summed E-state index contributed by atoms with van der Waals surface area (Å²) in [6.45, 7) is 10.3. The molecule has 4 rings (SSSR count). The van der Waals surface area contributed by atoms with Crippen LogP contribution in [0.3, 0.4) is 0 Å². The van der Waals surface area contributed by atoms with Gasteiger partial charge < -0.3 is 19.8 Å². The smallest absolute Gasteiger partial charge is 0.335 e. The Bertz CT molecular complexity index is 1170. The number of aromatic carboxylic acids is 1. The molecule has 182 valence electrons. The summed E-state index contributed by atoms with van der Waals surface area (Å²) < 4.78 is 0. The monoisotopic (exact) mass is 471 g/mol. The number of hydrogen-bond donors (Lipinski definition) is 1. The average molecular weight is 472 g/mol. The maximum Gasteiger partial charge on any atom is 0.335 e. The van der Waals surface area contributed by atoms with Gasteiger partial charge in [-0.05, 0) is 73.0 Å². The summed E-state index contributed by atoms with van der Waals surface area (Å²) in [7, 11) is 0. The Morgan fingerprint density at radius 2 is 1.43 bits per heavy atom. The lowest BCUT2D eigenvalue weighted by Gasteiger charge is -2.37. The van der Waals surface area contributed by atoms with Gasteiger partial charge in [0.2, 0.25) is 0 Å². The Morgan fingerprint density at radius 1 is 0.857 bits per heavy atom. The number of benzene rings is 3. The molecule has 6 nitrogen and oxygen atoms in total. The van der Waals surface area contributed by atoms with E-state index in [1.165, 1.54) is 0 Å². The summed E-state index contributed by atoms with van der Waals surface area (Å²) >= 11 is 0. The number of carboxylic acid groups (broad SMARTS) is 1. The maximum absolute atomic E-state index is 13.5. The molecule has 35 heavy (non-hydrogen) atoms. The fourth-order valence-corrected chi connectivity index (χ4v) is 4.55. The molecule has 1 saturated heterocycles. The first-order valence-electron chi connectivity index (χ1n) is 12.1. The zero-order valence-corrected chi connectivity index (χ0v) is 20.6. The van der Waals surface area contributed by atoms with Gasteiger partial charge in [-0.1, -0.05) is 32.0 Å². The van der Waals surface area contributed by atoms with Crippen LogP contribution in [0.2, 0.25) is 0 Å². The van der Waals surface area contributed by atoms with Crippen molar-refractivity contribution in [2.24, 2.45) is 5.92 Å². The van der Waals surface area contributed by atoms with Crippen LogP contribution >= 0.6 is 0 Å². The molecule has 1 fully saturated rings. The number of nitrogens with zero attached hydrogens (tertiary/aromatic N) is 3. The van der Waals surface area contributed by atoms with Crippen molar-refractivity contribution in [2.75, 3.05) is 47.4 Å². The van der Waals surface area contributed by atoms with Crippen LogP contribution in [-0.4, -0.2) is 49.7 Å². The molecule has 1 aliphatic rings. The van der Waals surface area contributed by atoms with Gasteiger partial charge in [-0.25, -0.2) is 4.79 Å². The number of piperazine rings is 1. The molecule has 0 aromatic heterocycles. The van der Waals surface area contributed by atoms with Gasteiger partial charge in [0, 0.05) is 55.3 Å². The standard InChI is InChI=1S/C29H33N3O3/c1-21(2)20-32(25-7-5-4-6-8-25)28(33)27-14-13-26(19-22(27)3)31-17-15-30(16-18-31)24-11-9-23(10-12-24)29(34)35/h4-14,19,21H,15-18,20H2,1-3H3,(H,34,35). The van der Waals surface area contributed by atoms with Crippen LogP contribution in [0.5, 0.6) is 0 Å². The SMILES string of the molecule is Cc1cc(N2CCN(c3ccc(C(=O)O)cc3)CC2)ccc1C(=O)N(CC(C)C)c1ccccc1. The van der Waals surface area contributed by atoms with E-state index in [4.69, 9.17) is 5.11 Å². The Balaban J connectivity index is 1.45. The summed E-state index contributed by atoms with van der Waals surface area (Å²) in [6.07, 6.45) is 0. The van der Waals surface area contributed by atoms with Gasteiger partial charge in [0.05, 0.1) is 5.56 Å². The van der Waals surface area contributed by atoms with Crippen LogP contribution in [0.4, 0.5) is 17.1 Å². The molecule has 0 radical (unpaired) electrons. The Labute approximate surface area is 207 Å².